The van der Waals surface area contributed by atoms with Gasteiger partial charge in [-0.25, -0.2) is 9.97 Å². The maximum atomic E-state index is 12.6. The zero-order valence-electron chi connectivity index (χ0n) is 16.0. The zero-order valence-corrected chi connectivity index (χ0v) is 16.8. The Morgan fingerprint density at radius 2 is 2.00 bits per heavy atom. The number of aryl methyl sites for hydroxylation is 1. The molecule has 30 heavy (non-hydrogen) atoms. The molecule has 1 aromatic carbocycles. The molecule has 0 aliphatic heterocycles. The molecule has 0 amide bonds. The van der Waals surface area contributed by atoms with E-state index in [2.05, 4.69) is 25.6 Å². The van der Waals surface area contributed by atoms with E-state index in [1.807, 2.05) is 24.3 Å². The fourth-order valence-corrected chi connectivity index (χ4v) is 4.54. The van der Waals surface area contributed by atoms with Crippen LogP contribution in [0, 0.1) is 6.92 Å². The monoisotopic (exact) mass is 439 g/mol. The first-order valence-corrected chi connectivity index (χ1v) is 10.2. The van der Waals surface area contributed by atoms with Gasteiger partial charge in [-0.05, 0) is 38.3 Å². The van der Waals surface area contributed by atoms with E-state index in [1.54, 1.807) is 6.92 Å². The molecule has 0 bridgehead atoms. The first-order valence-electron chi connectivity index (χ1n) is 9.38. The van der Waals surface area contributed by atoms with Gasteiger partial charge in [-0.1, -0.05) is 12.1 Å². The second-order valence-electron chi connectivity index (χ2n) is 7.27. The molecule has 1 aliphatic carbocycles. The quantitative estimate of drug-likeness (QED) is 0.450. The summed E-state index contributed by atoms with van der Waals surface area (Å²) >= 11 is 1.38. The number of alkyl halides is 3. The number of aliphatic hydroxyl groups is 2. The molecule has 0 radical (unpaired) electrons. The Balaban J connectivity index is 1.79. The molecule has 1 aliphatic rings. The van der Waals surface area contributed by atoms with Crippen molar-refractivity contribution < 1.29 is 23.4 Å². The summed E-state index contributed by atoms with van der Waals surface area (Å²) in [4.78, 5) is 12.9. The number of para-hydroxylation sites is 1. The number of hydrogen-bond acceptors (Lipinski definition) is 8. The fourth-order valence-electron chi connectivity index (χ4n) is 3.48. The molecule has 11 heteroatoms. The van der Waals surface area contributed by atoms with Crippen molar-refractivity contribution in [2.45, 2.75) is 44.2 Å². The van der Waals surface area contributed by atoms with Crippen molar-refractivity contribution in [1.29, 1.82) is 0 Å². The normalized spacial score (nSPS) is 21.9. The molecule has 4 N–H and O–H groups in total. The summed E-state index contributed by atoms with van der Waals surface area (Å²) in [6.45, 7) is 0.349. The maximum Gasteiger partial charge on any atom is 0.405 e. The van der Waals surface area contributed by atoms with Gasteiger partial charge in [0.25, 0.3) is 0 Å². The number of thiazole rings is 1. The lowest BCUT2D eigenvalue weighted by Gasteiger charge is -2.29. The van der Waals surface area contributed by atoms with E-state index in [1.165, 1.54) is 11.3 Å². The second kappa shape index (κ2) is 7.64. The van der Waals surface area contributed by atoms with Crippen molar-refractivity contribution >= 4 is 33.3 Å². The lowest BCUT2D eigenvalue weighted by molar-refractivity contribution is -0.115. The Morgan fingerprint density at radius 3 is 2.67 bits per heavy atom. The Bertz CT molecular complexity index is 1040. The van der Waals surface area contributed by atoms with Gasteiger partial charge < -0.3 is 20.8 Å². The van der Waals surface area contributed by atoms with E-state index in [0.717, 1.165) is 10.2 Å². The van der Waals surface area contributed by atoms with Crippen LogP contribution >= 0.6 is 11.3 Å². The molecule has 0 saturated heterocycles. The van der Waals surface area contributed by atoms with Crippen LogP contribution in [0.4, 0.5) is 24.9 Å². The van der Waals surface area contributed by atoms with Crippen LogP contribution in [0.15, 0.2) is 24.3 Å². The molecule has 1 saturated carbocycles. The zero-order chi connectivity index (χ0) is 21.5. The van der Waals surface area contributed by atoms with Crippen LogP contribution in [-0.4, -0.2) is 49.7 Å². The summed E-state index contributed by atoms with van der Waals surface area (Å²) in [5, 5.41) is 26.6. The third kappa shape index (κ3) is 4.18. The molecule has 0 spiro atoms. The number of nitrogens with zero attached hydrogens (tertiary/aromatic N) is 3. The van der Waals surface area contributed by atoms with Crippen LogP contribution in [0.3, 0.4) is 0 Å². The summed E-state index contributed by atoms with van der Waals surface area (Å²) < 4.78 is 38.8. The van der Waals surface area contributed by atoms with E-state index in [9.17, 15) is 23.4 Å². The number of aromatic nitrogens is 3. The average molecular weight is 439 g/mol. The summed E-state index contributed by atoms with van der Waals surface area (Å²) in [6.07, 6.45) is -4.17. The van der Waals surface area contributed by atoms with Crippen LogP contribution in [0.5, 0.6) is 0 Å². The Hall–Kier alpha value is -2.50. The minimum absolute atomic E-state index is 0.120. The minimum atomic E-state index is -4.43. The lowest BCUT2D eigenvalue weighted by atomic mass is 10.1. The van der Waals surface area contributed by atoms with Gasteiger partial charge in [-0.15, -0.1) is 11.3 Å². The van der Waals surface area contributed by atoms with Gasteiger partial charge in [0.05, 0.1) is 21.5 Å². The standard InChI is InChI=1S/C19H20F3N5O2S/c1-10-14(16-25-11-5-2-3-6-12(11)30-16)15(27-18(29)8-4-7-13(18)28)26-17(24-10)23-9-19(20,21)22/h2-3,5-6,13,28-29H,4,7-9H2,1H3,(H2,23,24,26,27). The highest BCUT2D eigenvalue weighted by Gasteiger charge is 2.41. The van der Waals surface area contributed by atoms with E-state index in [0.29, 0.717) is 29.1 Å². The number of nitrogens with one attached hydrogen (secondary N) is 2. The molecule has 3 aromatic rings. The Kier molecular flexibility index (Phi) is 5.28. The number of benzene rings is 1. The van der Waals surface area contributed by atoms with Crippen molar-refractivity contribution in [3.8, 4) is 10.6 Å². The van der Waals surface area contributed by atoms with Gasteiger partial charge in [0, 0.05) is 0 Å². The predicted molar refractivity (Wildman–Crippen MR) is 108 cm³/mol. The number of rotatable bonds is 5. The van der Waals surface area contributed by atoms with Gasteiger partial charge >= 0.3 is 6.18 Å². The van der Waals surface area contributed by atoms with Gasteiger partial charge in [0.15, 0.2) is 5.72 Å². The van der Waals surface area contributed by atoms with Crippen LogP contribution in [-0.2, 0) is 0 Å². The Labute approximate surface area is 174 Å². The minimum Gasteiger partial charge on any atom is -0.388 e. The topological polar surface area (TPSA) is 103 Å². The molecule has 160 valence electrons. The van der Waals surface area contributed by atoms with Gasteiger partial charge in [-0.2, -0.15) is 18.2 Å². The highest BCUT2D eigenvalue weighted by atomic mass is 32.1. The number of halogens is 3. The van der Waals surface area contributed by atoms with Crippen molar-refractivity contribution in [2.24, 2.45) is 0 Å². The smallest absolute Gasteiger partial charge is 0.388 e. The van der Waals surface area contributed by atoms with Crippen LogP contribution in [0.25, 0.3) is 20.8 Å². The van der Waals surface area contributed by atoms with Crippen LogP contribution in [0.1, 0.15) is 25.0 Å². The van der Waals surface area contributed by atoms with Crippen molar-refractivity contribution in [2.75, 3.05) is 17.2 Å². The molecule has 1 fully saturated rings. The molecule has 2 atom stereocenters. The number of hydrogen-bond donors (Lipinski definition) is 4. The van der Waals surface area contributed by atoms with E-state index in [4.69, 9.17) is 0 Å². The fraction of sp³-hybridized carbons (Fsp3) is 0.421. The average Bonchev–Trinajstić information content (AvgIpc) is 3.22. The summed E-state index contributed by atoms with van der Waals surface area (Å²) in [5.41, 5.74) is 0.00315. The van der Waals surface area contributed by atoms with Crippen LogP contribution in [0.2, 0.25) is 0 Å². The number of aliphatic hydroxyl groups excluding tert-OH is 1. The first-order chi connectivity index (χ1) is 14.1. The molecule has 4 rings (SSSR count). The molecular weight excluding hydrogens is 419 g/mol. The molecule has 2 heterocycles. The highest BCUT2D eigenvalue weighted by molar-refractivity contribution is 7.21. The molecule has 7 nitrogen and oxygen atoms in total. The third-order valence-electron chi connectivity index (χ3n) is 4.97. The van der Waals surface area contributed by atoms with Gasteiger partial charge in [-0.3, -0.25) is 0 Å². The molecular formula is C19H20F3N5O2S. The Morgan fingerprint density at radius 1 is 1.23 bits per heavy atom. The SMILES string of the molecule is Cc1nc(NCC(F)(F)F)nc(NC2(O)CCCC2O)c1-c1nc2ccccc2s1. The second-order valence-corrected chi connectivity index (χ2v) is 8.30. The van der Waals surface area contributed by atoms with Crippen LogP contribution < -0.4 is 10.6 Å². The lowest BCUT2D eigenvalue weighted by Crippen LogP contribution is -2.45. The number of anilines is 2. The maximum absolute atomic E-state index is 12.6. The van der Waals surface area contributed by atoms with E-state index >= 15 is 0 Å². The molecule has 2 unspecified atom stereocenters. The van der Waals surface area contributed by atoms with Gasteiger partial charge in [0.1, 0.15) is 23.5 Å². The van der Waals surface area contributed by atoms with E-state index in [-0.39, 0.29) is 18.2 Å². The highest BCUT2D eigenvalue weighted by Crippen LogP contribution is 2.39. The van der Waals surface area contributed by atoms with Gasteiger partial charge in [0.2, 0.25) is 5.95 Å². The van der Waals surface area contributed by atoms with Crippen molar-refractivity contribution in [3.63, 3.8) is 0 Å². The van der Waals surface area contributed by atoms with Crippen molar-refractivity contribution in [1.82, 2.24) is 15.0 Å². The summed E-state index contributed by atoms with van der Waals surface area (Å²) in [5.74, 6) is -0.108. The third-order valence-corrected chi connectivity index (χ3v) is 6.02. The predicted octanol–water partition coefficient (Wildman–Crippen LogP) is 3.68. The first kappa shape index (κ1) is 20.8. The summed E-state index contributed by atoms with van der Waals surface area (Å²) in [6, 6.07) is 7.50. The summed E-state index contributed by atoms with van der Waals surface area (Å²) in [7, 11) is 0. The molecule has 2 aromatic heterocycles. The van der Waals surface area contributed by atoms with Crippen molar-refractivity contribution in [3.05, 3.63) is 30.0 Å². The van der Waals surface area contributed by atoms with E-state index < -0.39 is 24.6 Å². The number of fused-ring (bicyclic) bond motifs is 1. The largest absolute Gasteiger partial charge is 0.405 e.